The van der Waals surface area contributed by atoms with Gasteiger partial charge in [0.2, 0.25) is 11.2 Å². The number of fused-ring (bicyclic) bond motifs is 1. The van der Waals surface area contributed by atoms with Crippen LogP contribution in [0.4, 0.5) is 5.69 Å². The van der Waals surface area contributed by atoms with Gasteiger partial charge in [-0.1, -0.05) is 54.6 Å². The van der Waals surface area contributed by atoms with Crippen LogP contribution in [0, 0.1) is 13.8 Å². The van der Waals surface area contributed by atoms with Crippen molar-refractivity contribution in [1.82, 2.24) is 0 Å². The fourth-order valence-corrected chi connectivity index (χ4v) is 3.93. The van der Waals surface area contributed by atoms with Gasteiger partial charge in [0.25, 0.3) is 5.91 Å². The Morgan fingerprint density at radius 3 is 2.35 bits per heavy atom. The van der Waals surface area contributed by atoms with Crippen molar-refractivity contribution in [2.75, 3.05) is 11.9 Å². The number of anilines is 1. The second-order valence-corrected chi connectivity index (χ2v) is 8.73. The van der Waals surface area contributed by atoms with Crippen molar-refractivity contribution in [3.8, 4) is 28.4 Å². The lowest BCUT2D eigenvalue weighted by Gasteiger charge is -2.11. The first-order valence-electron chi connectivity index (χ1n) is 11.8. The summed E-state index contributed by atoms with van der Waals surface area (Å²) in [5, 5.41) is 3.21. The minimum atomic E-state index is -0.299. The Balaban J connectivity index is 1.26. The van der Waals surface area contributed by atoms with E-state index in [4.69, 9.17) is 13.9 Å². The number of nitrogens with one attached hydrogen (secondary N) is 1. The van der Waals surface area contributed by atoms with Crippen molar-refractivity contribution in [2.24, 2.45) is 0 Å². The lowest BCUT2D eigenvalue weighted by molar-refractivity contribution is -0.118. The first-order valence-corrected chi connectivity index (χ1v) is 11.8. The largest absolute Gasteiger partial charge is 0.484 e. The number of ether oxygens (including phenoxy) is 2. The van der Waals surface area contributed by atoms with Crippen molar-refractivity contribution in [3.63, 3.8) is 0 Å². The molecule has 0 atom stereocenters. The molecule has 1 heterocycles. The van der Waals surface area contributed by atoms with E-state index in [1.165, 1.54) is 6.26 Å². The lowest BCUT2D eigenvalue weighted by atomic mass is 10.1. The zero-order valence-electron chi connectivity index (χ0n) is 20.5. The highest BCUT2D eigenvalue weighted by atomic mass is 16.5. The first kappa shape index (κ1) is 23.9. The Morgan fingerprint density at radius 1 is 0.838 bits per heavy atom. The van der Waals surface area contributed by atoms with E-state index in [0.29, 0.717) is 22.5 Å². The molecule has 1 amide bonds. The molecule has 184 valence electrons. The third-order valence-corrected chi connectivity index (χ3v) is 5.94. The minimum absolute atomic E-state index is 0.0848. The summed E-state index contributed by atoms with van der Waals surface area (Å²) in [4.78, 5) is 25.3. The second-order valence-electron chi connectivity index (χ2n) is 8.73. The average Bonchev–Trinajstić information content (AvgIpc) is 2.92. The van der Waals surface area contributed by atoms with Gasteiger partial charge in [-0.2, -0.15) is 0 Å². The maximum Gasteiger partial charge on any atom is 0.262 e. The van der Waals surface area contributed by atoms with E-state index in [9.17, 15) is 9.59 Å². The van der Waals surface area contributed by atoms with Gasteiger partial charge in [0, 0.05) is 11.8 Å². The van der Waals surface area contributed by atoms with Crippen molar-refractivity contribution in [1.29, 1.82) is 0 Å². The molecule has 6 heteroatoms. The standard InChI is InChI=1S/C31H25NO5/c1-20-8-9-21(2)27(16-20)32-30(33)19-35-25-14-15-26-28(17-25)36-18-29(31(26)34)37-24-12-10-23(11-13-24)22-6-4-3-5-7-22/h3-18H,19H2,1-2H3,(H,32,33). The van der Waals surface area contributed by atoms with Crippen LogP contribution in [0.15, 0.2) is 106 Å². The van der Waals surface area contributed by atoms with Gasteiger partial charge in [-0.15, -0.1) is 0 Å². The molecule has 0 radical (unpaired) electrons. The molecule has 6 nitrogen and oxygen atoms in total. The second kappa shape index (κ2) is 10.4. The van der Waals surface area contributed by atoms with E-state index in [1.54, 1.807) is 18.2 Å². The fourth-order valence-electron chi connectivity index (χ4n) is 3.93. The summed E-state index contributed by atoms with van der Waals surface area (Å²) in [7, 11) is 0. The average molecular weight is 492 g/mol. The predicted octanol–water partition coefficient (Wildman–Crippen LogP) is 6.89. The number of hydrogen-bond acceptors (Lipinski definition) is 5. The number of rotatable bonds is 7. The molecule has 0 aliphatic rings. The van der Waals surface area contributed by atoms with Crippen LogP contribution in [0.1, 0.15) is 11.1 Å². The van der Waals surface area contributed by atoms with Crippen molar-refractivity contribution in [2.45, 2.75) is 13.8 Å². The van der Waals surface area contributed by atoms with Crippen molar-refractivity contribution >= 4 is 22.6 Å². The SMILES string of the molecule is Cc1ccc(C)c(NC(=O)COc2ccc3c(=O)c(Oc4ccc(-c5ccccc5)cc4)coc3c2)c1. The number of amides is 1. The zero-order chi connectivity index (χ0) is 25.8. The van der Waals surface area contributed by atoms with Gasteiger partial charge in [0.05, 0.1) is 5.39 Å². The van der Waals surface area contributed by atoms with Gasteiger partial charge in [0.15, 0.2) is 6.61 Å². The Hall–Kier alpha value is -4.84. The topological polar surface area (TPSA) is 77.8 Å². The third-order valence-electron chi connectivity index (χ3n) is 5.94. The number of carbonyl (C=O) groups excluding carboxylic acids is 1. The molecule has 0 saturated carbocycles. The molecule has 1 N–H and O–H groups in total. The summed E-state index contributed by atoms with van der Waals surface area (Å²) in [5.41, 5.74) is 4.96. The molecule has 0 aliphatic carbocycles. The number of carbonyl (C=O) groups is 1. The van der Waals surface area contributed by atoms with Crippen LogP contribution in [0.2, 0.25) is 0 Å². The summed E-state index contributed by atoms with van der Waals surface area (Å²) < 4.78 is 17.1. The molecule has 0 aliphatic heterocycles. The molecule has 37 heavy (non-hydrogen) atoms. The summed E-state index contributed by atoms with van der Waals surface area (Å²) >= 11 is 0. The van der Waals surface area contributed by atoms with Crippen LogP contribution in [-0.2, 0) is 4.79 Å². The van der Waals surface area contributed by atoms with E-state index < -0.39 is 0 Å². The molecule has 5 rings (SSSR count). The van der Waals surface area contributed by atoms with Gasteiger partial charge in [-0.3, -0.25) is 9.59 Å². The maximum atomic E-state index is 13.0. The van der Waals surface area contributed by atoms with Crippen LogP contribution < -0.4 is 20.2 Å². The fraction of sp³-hybridized carbons (Fsp3) is 0.0968. The number of benzene rings is 4. The number of aryl methyl sites for hydroxylation is 2. The van der Waals surface area contributed by atoms with Gasteiger partial charge in [-0.25, -0.2) is 0 Å². The van der Waals surface area contributed by atoms with Crippen molar-refractivity contribution in [3.05, 3.63) is 119 Å². The summed E-state index contributed by atoms with van der Waals surface area (Å²) in [6.45, 7) is 3.72. The van der Waals surface area contributed by atoms with E-state index in [2.05, 4.69) is 5.32 Å². The van der Waals surface area contributed by atoms with Crippen LogP contribution in [0.3, 0.4) is 0 Å². The quantitative estimate of drug-likeness (QED) is 0.268. The van der Waals surface area contributed by atoms with Crippen LogP contribution in [-0.4, -0.2) is 12.5 Å². The number of hydrogen-bond donors (Lipinski definition) is 1. The van der Waals surface area contributed by atoms with E-state index >= 15 is 0 Å². The Bertz CT molecular complexity index is 1620. The van der Waals surface area contributed by atoms with Crippen LogP contribution in [0.25, 0.3) is 22.1 Å². The highest BCUT2D eigenvalue weighted by Crippen LogP contribution is 2.27. The van der Waals surface area contributed by atoms with Crippen LogP contribution >= 0.6 is 0 Å². The molecule has 0 unspecified atom stereocenters. The Morgan fingerprint density at radius 2 is 1.57 bits per heavy atom. The molecule has 1 aromatic heterocycles. The van der Waals surface area contributed by atoms with Crippen LogP contribution in [0.5, 0.6) is 17.2 Å². The van der Waals surface area contributed by atoms with E-state index in [-0.39, 0.29) is 23.7 Å². The maximum absolute atomic E-state index is 13.0. The molecule has 0 fully saturated rings. The zero-order valence-corrected chi connectivity index (χ0v) is 20.5. The summed E-state index contributed by atoms with van der Waals surface area (Å²) in [6.07, 6.45) is 1.28. The molecular formula is C31H25NO5. The van der Waals surface area contributed by atoms with Crippen molar-refractivity contribution < 1.29 is 18.7 Å². The van der Waals surface area contributed by atoms with E-state index in [0.717, 1.165) is 27.9 Å². The smallest absolute Gasteiger partial charge is 0.262 e. The Labute approximate surface area is 214 Å². The lowest BCUT2D eigenvalue weighted by Crippen LogP contribution is -2.20. The highest BCUT2D eigenvalue weighted by molar-refractivity contribution is 5.92. The first-order chi connectivity index (χ1) is 18.0. The molecule has 0 spiro atoms. The third kappa shape index (κ3) is 5.54. The molecular weight excluding hydrogens is 466 g/mol. The molecule has 4 aromatic carbocycles. The molecule has 5 aromatic rings. The predicted molar refractivity (Wildman–Crippen MR) is 144 cm³/mol. The molecule has 0 bridgehead atoms. The normalized spacial score (nSPS) is 10.8. The molecule has 0 saturated heterocycles. The van der Waals surface area contributed by atoms with Gasteiger partial charge >= 0.3 is 0 Å². The van der Waals surface area contributed by atoms with Gasteiger partial charge in [-0.05, 0) is 66.4 Å². The van der Waals surface area contributed by atoms with Gasteiger partial charge in [0.1, 0.15) is 23.3 Å². The Kier molecular flexibility index (Phi) is 6.72. The monoisotopic (exact) mass is 491 g/mol. The van der Waals surface area contributed by atoms with Gasteiger partial charge < -0.3 is 19.2 Å². The minimum Gasteiger partial charge on any atom is -0.484 e. The highest BCUT2D eigenvalue weighted by Gasteiger charge is 2.12. The van der Waals surface area contributed by atoms with E-state index in [1.807, 2.05) is 86.6 Å². The summed E-state index contributed by atoms with van der Waals surface area (Å²) in [6, 6.07) is 28.2. The summed E-state index contributed by atoms with van der Waals surface area (Å²) in [5.74, 6) is 0.747.